The molecule has 1 amide bonds. The average Bonchev–Trinajstić information content (AvgIpc) is 2.94. The number of hydrogen-bond acceptors (Lipinski definition) is 7. The molecule has 0 fully saturated rings. The van der Waals surface area contributed by atoms with Gasteiger partial charge in [-0.2, -0.15) is 0 Å². The lowest BCUT2D eigenvalue weighted by Crippen LogP contribution is -2.57. The van der Waals surface area contributed by atoms with E-state index in [4.69, 9.17) is 5.11 Å². The molecule has 42 heavy (non-hydrogen) atoms. The van der Waals surface area contributed by atoms with Gasteiger partial charge in [-0.25, -0.2) is 18.2 Å². The van der Waals surface area contributed by atoms with Crippen LogP contribution in [0.2, 0.25) is 0 Å². The Morgan fingerprint density at radius 1 is 1.07 bits per heavy atom. The Bertz CT molecular complexity index is 1720. The number of H-pyrrole nitrogens is 1. The third-order valence-corrected chi connectivity index (χ3v) is 8.98. The summed E-state index contributed by atoms with van der Waals surface area (Å²) in [6.07, 6.45) is 0.499. The maximum absolute atomic E-state index is 13.4. The Morgan fingerprint density at radius 2 is 1.76 bits per heavy atom. The van der Waals surface area contributed by atoms with Gasteiger partial charge in [0.2, 0.25) is 0 Å². The third kappa shape index (κ3) is 5.77. The summed E-state index contributed by atoms with van der Waals surface area (Å²) in [5, 5.41) is 19.1. The van der Waals surface area contributed by atoms with Gasteiger partial charge in [0.15, 0.2) is 0 Å². The Hall–Kier alpha value is -4.52. The van der Waals surface area contributed by atoms with Crippen LogP contribution in [0.5, 0.6) is 0 Å². The van der Waals surface area contributed by atoms with E-state index in [1.807, 2.05) is 0 Å². The minimum absolute atomic E-state index is 0.000132. The van der Waals surface area contributed by atoms with E-state index in [1.54, 1.807) is 26.8 Å². The molecule has 0 bridgehead atoms. The summed E-state index contributed by atoms with van der Waals surface area (Å²) in [5.41, 5.74) is 0.546. The molecule has 4 N–H and O–H groups in total. The van der Waals surface area contributed by atoms with Crippen LogP contribution in [0.4, 0.5) is 5.69 Å². The quantitative estimate of drug-likeness (QED) is 0.258. The number of aliphatic carboxylic acids is 2. The largest absolute Gasteiger partial charge is 0.481 e. The van der Waals surface area contributed by atoms with Crippen molar-refractivity contribution in [3.8, 4) is 11.1 Å². The van der Waals surface area contributed by atoms with Crippen molar-refractivity contribution in [2.75, 3.05) is 11.3 Å². The Kier molecular flexibility index (Phi) is 8.53. The zero-order valence-corrected chi connectivity index (χ0v) is 24.2. The van der Waals surface area contributed by atoms with E-state index in [-0.39, 0.29) is 41.1 Å². The number of rotatable bonds is 11. The number of fused-ring (bicyclic) bond motifs is 3. The van der Waals surface area contributed by atoms with Crippen molar-refractivity contribution in [3.05, 3.63) is 75.5 Å². The molecule has 1 aromatic heterocycles. The maximum atomic E-state index is 13.4. The lowest BCUT2D eigenvalue weighted by atomic mass is 9.87. The highest BCUT2D eigenvalue weighted by Crippen LogP contribution is 2.33. The van der Waals surface area contributed by atoms with Gasteiger partial charge in [-0.1, -0.05) is 13.0 Å². The average molecular weight is 597 g/mol. The van der Waals surface area contributed by atoms with Gasteiger partial charge in [0.05, 0.1) is 16.2 Å². The summed E-state index contributed by atoms with van der Waals surface area (Å²) in [6, 6.07) is 10.1. The van der Waals surface area contributed by atoms with E-state index >= 15 is 0 Å². The zero-order valence-electron chi connectivity index (χ0n) is 23.4. The van der Waals surface area contributed by atoms with Gasteiger partial charge in [0.25, 0.3) is 21.5 Å². The molecule has 1 atom stereocenters. The lowest BCUT2D eigenvalue weighted by molar-refractivity contribution is -0.151. The smallest absolute Gasteiger partial charge is 0.329 e. The molecular formula is C29H32N4O8S. The van der Waals surface area contributed by atoms with E-state index in [9.17, 15) is 32.7 Å². The zero-order chi connectivity index (χ0) is 30.8. The highest BCUT2D eigenvalue weighted by atomic mass is 32.2. The first-order valence-electron chi connectivity index (χ1n) is 13.5. The molecule has 0 radical (unpaired) electrons. The van der Waals surface area contributed by atoms with Gasteiger partial charge in [0.1, 0.15) is 11.4 Å². The molecule has 0 unspecified atom stereocenters. The number of benzene rings is 2. The second-order valence-corrected chi connectivity index (χ2v) is 11.8. The fraction of sp³-hybridized carbons (Fsp3) is 0.345. The number of hydrogen-bond donors (Lipinski definition) is 4. The van der Waals surface area contributed by atoms with Crippen LogP contribution in [-0.2, 0) is 32.5 Å². The number of carboxylic acids is 2. The first-order valence-corrected chi connectivity index (χ1v) is 14.9. The lowest BCUT2D eigenvalue weighted by Gasteiger charge is -2.39. The molecule has 2 aromatic carbocycles. The number of aromatic amines is 1. The monoisotopic (exact) mass is 596 g/mol. The van der Waals surface area contributed by atoms with E-state index in [1.165, 1.54) is 36.4 Å². The molecule has 13 heteroatoms. The summed E-state index contributed by atoms with van der Waals surface area (Å²) in [4.78, 5) is 57.7. The van der Waals surface area contributed by atoms with Crippen LogP contribution in [0.15, 0.2) is 52.2 Å². The molecule has 1 heterocycles. The van der Waals surface area contributed by atoms with Crippen LogP contribution in [-0.4, -0.2) is 63.4 Å². The first kappa shape index (κ1) is 30.4. The molecule has 0 spiro atoms. The summed E-state index contributed by atoms with van der Waals surface area (Å²) >= 11 is 0. The van der Waals surface area contributed by atoms with Crippen LogP contribution >= 0.6 is 0 Å². The van der Waals surface area contributed by atoms with Crippen LogP contribution < -0.4 is 10.3 Å². The van der Waals surface area contributed by atoms with Crippen molar-refractivity contribution in [1.29, 1.82) is 0 Å². The van der Waals surface area contributed by atoms with E-state index in [0.29, 0.717) is 35.5 Å². The van der Waals surface area contributed by atoms with Gasteiger partial charge in [0, 0.05) is 24.2 Å². The number of sulfonamides is 1. The van der Waals surface area contributed by atoms with Gasteiger partial charge in [-0.15, -0.1) is 0 Å². The van der Waals surface area contributed by atoms with Crippen LogP contribution in [0, 0.1) is 6.92 Å². The number of nitrogens with zero attached hydrogens (tertiary/aromatic N) is 2. The van der Waals surface area contributed by atoms with Crippen molar-refractivity contribution in [2.45, 2.75) is 63.3 Å². The molecule has 4 rings (SSSR count). The van der Waals surface area contributed by atoms with Crippen molar-refractivity contribution >= 4 is 33.6 Å². The van der Waals surface area contributed by atoms with Crippen molar-refractivity contribution in [1.82, 2.24) is 14.9 Å². The number of likely N-dealkylation sites (N-methyl/N-ethyl adjacent to an activating group) is 1. The van der Waals surface area contributed by atoms with Crippen molar-refractivity contribution < 1.29 is 33.0 Å². The highest BCUT2D eigenvalue weighted by Gasteiger charge is 2.45. The van der Waals surface area contributed by atoms with Crippen LogP contribution in [0.1, 0.15) is 60.5 Å². The number of aromatic nitrogens is 2. The number of carbonyl (C=O) groups is 3. The SMILES string of the molecule is CCN(C(=O)c1ccc(NS(=O)(=O)c2ccc3c(c2)-c2c(nc(C)[nH]c2=O)CC3)cc1)[C@](CC)(CCC(=O)O)C(=O)O. The molecule has 1 aliphatic rings. The number of carbonyl (C=O) groups excluding carboxylic acids is 1. The fourth-order valence-corrected chi connectivity index (χ4v) is 6.50. The fourth-order valence-electron chi connectivity index (χ4n) is 5.41. The van der Waals surface area contributed by atoms with Gasteiger partial charge in [-0.05, 0) is 87.1 Å². The van der Waals surface area contributed by atoms with Gasteiger partial charge < -0.3 is 20.1 Å². The molecule has 0 aliphatic heterocycles. The highest BCUT2D eigenvalue weighted by molar-refractivity contribution is 7.92. The molecule has 0 saturated carbocycles. The summed E-state index contributed by atoms with van der Waals surface area (Å²) in [6.45, 7) is 4.89. The maximum Gasteiger partial charge on any atom is 0.329 e. The van der Waals surface area contributed by atoms with Gasteiger partial charge in [-0.3, -0.25) is 19.1 Å². The molecule has 0 saturated heterocycles. The first-order chi connectivity index (χ1) is 19.8. The Balaban J connectivity index is 1.59. The predicted molar refractivity (Wildman–Crippen MR) is 154 cm³/mol. The van der Waals surface area contributed by atoms with E-state index in [2.05, 4.69) is 14.7 Å². The van der Waals surface area contributed by atoms with Gasteiger partial charge >= 0.3 is 11.9 Å². The third-order valence-electron chi connectivity index (χ3n) is 7.60. The number of amides is 1. The molecular weight excluding hydrogens is 564 g/mol. The molecule has 1 aliphatic carbocycles. The number of anilines is 1. The number of aryl methyl sites for hydroxylation is 3. The number of nitrogens with one attached hydrogen (secondary N) is 2. The molecule has 3 aromatic rings. The normalized spacial score (nSPS) is 13.8. The van der Waals surface area contributed by atoms with E-state index < -0.39 is 39.8 Å². The Morgan fingerprint density at radius 3 is 2.36 bits per heavy atom. The topological polar surface area (TPSA) is 187 Å². The van der Waals surface area contributed by atoms with Crippen molar-refractivity contribution in [3.63, 3.8) is 0 Å². The predicted octanol–water partition coefficient (Wildman–Crippen LogP) is 3.21. The minimum Gasteiger partial charge on any atom is -0.481 e. The number of carboxylic acid groups (broad SMARTS) is 2. The second kappa shape index (κ2) is 11.8. The summed E-state index contributed by atoms with van der Waals surface area (Å²) < 4.78 is 29.0. The van der Waals surface area contributed by atoms with E-state index in [0.717, 1.165) is 10.5 Å². The van der Waals surface area contributed by atoms with Crippen molar-refractivity contribution in [2.24, 2.45) is 0 Å². The summed E-state index contributed by atoms with van der Waals surface area (Å²) in [5.74, 6) is -2.61. The van der Waals surface area contributed by atoms with Crippen LogP contribution in [0.3, 0.4) is 0 Å². The molecule has 12 nitrogen and oxygen atoms in total. The Labute approximate surface area is 242 Å². The minimum atomic E-state index is -4.09. The second-order valence-electron chi connectivity index (χ2n) is 10.1. The standard InChI is InChI=1S/C29H32N4O8S/c1-4-29(28(38)39,15-14-24(34)35)33(5-2)27(37)19-6-10-20(11-7-19)32-42(40,41)21-12-8-18-9-13-23-25(22(18)16-21)26(36)31-17(3)30-23/h6-8,10-12,16,32H,4-5,9,13-15H2,1-3H3,(H,34,35)(H,38,39)(H,30,31,36)/t29-/m1/s1. The molecule has 222 valence electrons. The van der Waals surface area contributed by atoms with Crippen LogP contribution in [0.25, 0.3) is 11.1 Å². The summed E-state index contributed by atoms with van der Waals surface area (Å²) in [7, 11) is -4.09.